The number of aliphatic carboxylic acids is 1. The Hall–Kier alpha value is -1.79. The number of hydrogen-bond donors (Lipinski definition) is 2. The molecule has 2 N–H and O–H groups in total. The summed E-state index contributed by atoms with van der Waals surface area (Å²) < 4.78 is 0. The predicted molar refractivity (Wildman–Crippen MR) is 75.7 cm³/mol. The van der Waals surface area contributed by atoms with Crippen molar-refractivity contribution in [3.63, 3.8) is 0 Å². The van der Waals surface area contributed by atoms with E-state index >= 15 is 0 Å². The molecule has 0 spiro atoms. The molecule has 2 heterocycles. The zero-order chi connectivity index (χ0) is 15.4. The Bertz CT molecular complexity index is 426. The van der Waals surface area contributed by atoms with Gasteiger partial charge in [-0.05, 0) is 25.7 Å². The number of urea groups is 1. The third kappa shape index (κ3) is 3.65. The Morgan fingerprint density at radius 1 is 1.00 bits per heavy atom. The molecule has 0 aromatic carbocycles. The lowest BCUT2D eigenvalue weighted by atomic mass is 9.96. The topological polar surface area (TPSA) is 90.0 Å². The predicted octanol–water partition coefficient (Wildman–Crippen LogP) is 0.361. The maximum Gasteiger partial charge on any atom is 0.320 e. The van der Waals surface area contributed by atoms with Gasteiger partial charge in [0.1, 0.15) is 0 Å². The summed E-state index contributed by atoms with van der Waals surface area (Å²) in [6.07, 6.45) is 2.94. The molecule has 7 heteroatoms. The summed E-state index contributed by atoms with van der Waals surface area (Å²) in [6.45, 7) is 1.94. The van der Waals surface area contributed by atoms with Gasteiger partial charge in [-0.25, -0.2) is 4.79 Å². The second-order valence-corrected chi connectivity index (χ2v) is 5.81. The lowest BCUT2D eigenvalue weighted by Crippen LogP contribution is -2.52. The maximum atomic E-state index is 12.5. The molecule has 3 amide bonds. The highest BCUT2D eigenvalue weighted by atomic mass is 16.4. The number of carboxylic acid groups (broad SMARTS) is 1. The highest BCUT2D eigenvalue weighted by Crippen LogP contribution is 2.22. The minimum atomic E-state index is -0.839. The van der Waals surface area contributed by atoms with Gasteiger partial charge in [0.05, 0.1) is 11.8 Å². The van der Waals surface area contributed by atoms with E-state index in [1.165, 1.54) is 0 Å². The average Bonchev–Trinajstić information content (AvgIpc) is 2.53. The molecule has 21 heavy (non-hydrogen) atoms. The third-order valence-electron chi connectivity index (χ3n) is 4.35. The summed E-state index contributed by atoms with van der Waals surface area (Å²) in [5.41, 5.74) is 0. The molecule has 2 aliphatic rings. The van der Waals surface area contributed by atoms with E-state index in [-0.39, 0.29) is 24.4 Å². The van der Waals surface area contributed by atoms with E-state index in [9.17, 15) is 14.4 Å². The fraction of sp³-hybridized carbons (Fsp3) is 0.786. The quantitative estimate of drug-likeness (QED) is 0.770. The molecule has 0 bridgehead atoms. The lowest BCUT2D eigenvalue weighted by molar-refractivity contribution is -0.143. The Labute approximate surface area is 124 Å². The molecule has 2 saturated heterocycles. The largest absolute Gasteiger partial charge is 0.481 e. The van der Waals surface area contributed by atoms with Gasteiger partial charge in [-0.1, -0.05) is 0 Å². The van der Waals surface area contributed by atoms with Crippen LogP contribution in [0.1, 0.15) is 25.7 Å². The van der Waals surface area contributed by atoms with E-state index in [1.807, 2.05) is 0 Å². The van der Waals surface area contributed by atoms with Gasteiger partial charge in [-0.3, -0.25) is 9.59 Å². The molecule has 1 unspecified atom stereocenters. The number of carboxylic acids is 1. The molecule has 2 aliphatic heterocycles. The number of carbonyl (C=O) groups excluding carboxylic acids is 2. The molecule has 2 rings (SSSR count). The molecule has 0 aromatic heterocycles. The van der Waals surface area contributed by atoms with Crippen LogP contribution in [0.3, 0.4) is 0 Å². The monoisotopic (exact) mass is 297 g/mol. The SMILES string of the molecule is CNC(=O)C1CCCN(C(=O)N2CCC[C@@H](C(=O)O)C2)C1. The molecule has 7 nitrogen and oxygen atoms in total. The Morgan fingerprint density at radius 3 is 2.05 bits per heavy atom. The number of nitrogens with one attached hydrogen (secondary N) is 1. The summed E-state index contributed by atoms with van der Waals surface area (Å²) in [5, 5.41) is 11.7. The van der Waals surface area contributed by atoms with E-state index in [0.717, 1.165) is 19.3 Å². The van der Waals surface area contributed by atoms with Crippen molar-refractivity contribution in [2.45, 2.75) is 25.7 Å². The van der Waals surface area contributed by atoms with Crippen molar-refractivity contribution in [3.05, 3.63) is 0 Å². The summed E-state index contributed by atoms with van der Waals surface area (Å²) >= 11 is 0. The summed E-state index contributed by atoms with van der Waals surface area (Å²) in [5.74, 6) is -1.50. The van der Waals surface area contributed by atoms with Crippen LogP contribution in [0.2, 0.25) is 0 Å². The molecular weight excluding hydrogens is 274 g/mol. The summed E-state index contributed by atoms with van der Waals surface area (Å²) in [7, 11) is 1.60. The Morgan fingerprint density at radius 2 is 1.52 bits per heavy atom. The van der Waals surface area contributed by atoms with Crippen LogP contribution in [0.5, 0.6) is 0 Å². The lowest BCUT2D eigenvalue weighted by Gasteiger charge is -2.38. The maximum absolute atomic E-state index is 12.5. The zero-order valence-corrected chi connectivity index (χ0v) is 12.4. The first-order valence-corrected chi connectivity index (χ1v) is 7.51. The van der Waals surface area contributed by atoms with Crippen LogP contribution < -0.4 is 5.32 Å². The van der Waals surface area contributed by atoms with Gasteiger partial charge in [0, 0.05) is 33.2 Å². The molecule has 118 valence electrons. The number of likely N-dealkylation sites (tertiary alicyclic amines) is 2. The minimum absolute atomic E-state index is 0.0328. The second-order valence-electron chi connectivity index (χ2n) is 5.81. The van der Waals surface area contributed by atoms with Gasteiger partial charge < -0.3 is 20.2 Å². The highest BCUT2D eigenvalue weighted by Gasteiger charge is 2.33. The van der Waals surface area contributed by atoms with Gasteiger partial charge >= 0.3 is 12.0 Å². The number of nitrogens with zero attached hydrogens (tertiary/aromatic N) is 2. The molecule has 0 aromatic rings. The van der Waals surface area contributed by atoms with Crippen molar-refractivity contribution in [1.82, 2.24) is 15.1 Å². The first kappa shape index (κ1) is 15.6. The van der Waals surface area contributed by atoms with E-state index in [1.54, 1.807) is 16.8 Å². The molecule has 0 saturated carbocycles. The van der Waals surface area contributed by atoms with E-state index in [4.69, 9.17) is 5.11 Å². The number of hydrogen-bond acceptors (Lipinski definition) is 3. The number of amides is 3. The van der Waals surface area contributed by atoms with Crippen molar-refractivity contribution < 1.29 is 19.5 Å². The first-order valence-electron chi connectivity index (χ1n) is 7.51. The third-order valence-corrected chi connectivity index (χ3v) is 4.35. The standard InChI is InChI=1S/C14H23N3O4/c1-15-12(18)10-4-2-6-16(8-10)14(21)17-7-3-5-11(9-17)13(19)20/h10-11H,2-9H2,1H3,(H,15,18)(H,19,20)/t10?,11-/m1/s1. The number of rotatable bonds is 2. The van der Waals surface area contributed by atoms with Crippen LogP contribution in [0, 0.1) is 11.8 Å². The van der Waals surface area contributed by atoms with Crippen molar-refractivity contribution in [3.8, 4) is 0 Å². The normalized spacial score (nSPS) is 26.3. The minimum Gasteiger partial charge on any atom is -0.481 e. The zero-order valence-electron chi connectivity index (χ0n) is 12.4. The van der Waals surface area contributed by atoms with E-state index in [0.29, 0.717) is 26.1 Å². The second kappa shape index (κ2) is 6.78. The van der Waals surface area contributed by atoms with Crippen LogP contribution in [0.15, 0.2) is 0 Å². The Balaban J connectivity index is 1.95. The molecule has 2 fully saturated rings. The van der Waals surface area contributed by atoms with Crippen LogP contribution in [-0.2, 0) is 9.59 Å². The summed E-state index contributed by atoms with van der Waals surface area (Å²) in [4.78, 5) is 38.6. The van der Waals surface area contributed by atoms with Crippen molar-refractivity contribution >= 4 is 17.9 Å². The Kier molecular flexibility index (Phi) is 5.03. The highest BCUT2D eigenvalue weighted by molar-refractivity contribution is 5.81. The van der Waals surface area contributed by atoms with Gasteiger partial charge in [0.15, 0.2) is 0 Å². The van der Waals surface area contributed by atoms with Crippen LogP contribution >= 0.6 is 0 Å². The van der Waals surface area contributed by atoms with Crippen molar-refractivity contribution in [1.29, 1.82) is 0 Å². The smallest absolute Gasteiger partial charge is 0.320 e. The van der Waals surface area contributed by atoms with Gasteiger partial charge in [-0.15, -0.1) is 0 Å². The molecular formula is C14H23N3O4. The number of carbonyl (C=O) groups is 3. The van der Waals surface area contributed by atoms with Crippen molar-refractivity contribution in [2.75, 3.05) is 33.2 Å². The van der Waals surface area contributed by atoms with Crippen LogP contribution in [0.4, 0.5) is 4.79 Å². The van der Waals surface area contributed by atoms with E-state index < -0.39 is 11.9 Å². The fourth-order valence-corrected chi connectivity index (χ4v) is 3.12. The summed E-state index contributed by atoms with van der Waals surface area (Å²) in [6, 6.07) is -0.130. The fourth-order valence-electron chi connectivity index (χ4n) is 3.12. The van der Waals surface area contributed by atoms with E-state index in [2.05, 4.69) is 5.32 Å². The first-order chi connectivity index (χ1) is 10.0. The van der Waals surface area contributed by atoms with Gasteiger partial charge in [0.25, 0.3) is 0 Å². The van der Waals surface area contributed by atoms with Gasteiger partial charge in [-0.2, -0.15) is 0 Å². The van der Waals surface area contributed by atoms with Crippen molar-refractivity contribution in [2.24, 2.45) is 11.8 Å². The number of piperidine rings is 2. The van der Waals surface area contributed by atoms with Crippen LogP contribution in [-0.4, -0.2) is 66.0 Å². The molecule has 0 radical (unpaired) electrons. The molecule has 0 aliphatic carbocycles. The van der Waals surface area contributed by atoms with Gasteiger partial charge in [0.2, 0.25) is 5.91 Å². The van der Waals surface area contributed by atoms with Crippen LogP contribution in [0.25, 0.3) is 0 Å². The average molecular weight is 297 g/mol. The molecule has 2 atom stereocenters.